The Bertz CT molecular complexity index is 846. The molecule has 7 heteroatoms. The second-order valence-corrected chi connectivity index (χ2v) is 5.95. The predicted molar refractivity (Wildman–Crippen MR) is 94.4 cm³/mol. The molecule has 3 heterocycles. The predicted octanol–water partition coefficient (Wildman–Crippen LogP) is 3.07. The molecule has 0 aromatic carbocycles. The van der Waals surface area contributed by atoms with E-state index in [1.54, 1.807) is 41.7 Å². The number of carbonyl (C=O) groups excluding carboxylic acids is 1. The van der Waals surface area contributed by atoms with E-state index in [-0.39, 0.29) is 30.2 Å². The number of carbonyl (C=O) groups is 1. The van der Waals surface area contributed by atoms with Crippen molar-refractivity contribution in [3.63, 3.8) is 0 Å². The van der Waals surface area contributed by atoms with Gasteiger partial charge in [-0.1, -0.05) is 13.3 Å². The van der Waals surface area contributed by atoms with Gasteiger partial charge in [-0.25, -0.2) is 4.68 Å². The maximum absolute atomic E-state index is 13.0. The highest BCUT2D eigenvalue weighted by Crippen LogP contribution is 2.14. The van der Waals surface area contributed by atoms with Crippen LogP contribution >= 0.6 is 0 Å². The third-order valence-corrected chi connectivity index (χ3v) is 3.95. The SMILES string of the molecule is CCCCn1nc(C(=O)N(Cc2ccco2)Cc2ccco2)ccc1=O. The lowest BCUT2D eigenvalue weighted by Gasteiger charge is -2.20. The van der Waals surface area contributed by atoms with Crippen molar-refractivity contribution < 1.29 is 13.6 Å². The summed E-state index contributed by atoms with van der Waals surface area (Å²) >= 11 is 0. The van der Waals surface area contributed by atoms with Crippen molar-refractivity contribution in [3.05, 3.63) is 76.5 Å². The van der Waals surface area contributed by atoms with Crippen LogP contribution in [0.5, 0.6) is 0 Å². The van der Waals surface area contributed by atoms with Gasteiger partial charge in [0.25, 0.3) is 11.5 Å². The Kier molecular flexibility index (Phi) is 5.68. The molecule has 0 aliphatic rings. The second-order valence-electron chi connectivity index (χ2n) is 5.95. The van der Waals surface area contributed by atoms with E-state index in [1.165, 1.54) is 16.8 Å². The first kappa shape index (κ1) is 17.7. The Labute approximate surface area is 150 Å². The Morgan fingerprint density at radius 2 is 1.73 bits per heavy atom. The van der Waals surface area contributed by atoms with Crippen LogP contribution in [0.4, 0.5) is 0 Å². The first-order chi connectivity index (χ1) is 12.7. The topological polar surface area (TPSA) is 81.5 Å². The van der Waals surface area contributed by atoms with Crippen LogP contribution in [-0.2, 0) is 19.6 Å². The molecule has 0 radical (unpaired) electrons. The molecule has 3 aromatic heterocycles. The monoisotopic (exact) mass is 355 g/mol. The average Bonchev–Trinajstić information content (AvgIpc) is 3.34. The molecule has 0 spiro atoms. The summed E-state index contributed by atoms with van der Waals surface area (Å²) in [6.07, 6.45) is 4.89. The summed E-state index contributed by atoms with van der Waals surface area (Å²) in [6.45, 7) is 3.09. The van der Waals surface area contributed by atoms with E-state index in [1.807, 2.05) is 6.92 Å². The number of hydrogen-bond acceptors (Lipinski definition) is 5. The minimum atomic E-state index is -0.289. The van der Waals surface area contributed by atoms with E-state index in [9.17, 15) is 9.59 Å². The van der Waals surface area contributed by atoms with Gasteiger partial charge in [0.15, 0.2) is 0 Å². The van der Waals surface area contributed by atoms with Crippen molar-refractivity contribution in [1.29, 1.82) is 0 Å². The number of hydrogen-bond donors (Lipinski definition) is 0. The number of furan rings is 2. The lowest BCUT2D eigenvalue weighted by Crippen LogP contribution is -2.33. The molecular weight excluding hydrogens is 334 g/mol. The van der Waals surface area contributed by atoms with Crippen molar-refractivity contribution in [2.75, 3.05) is 0 Å². The average molecular weight is 355 g/mol. The molecule has 0 saturated carbocycles. The van der Waals surface area contributed by atoms with Crippen LogP contribution in [0, 0.1) is 0 Å². The van der Waals surface area contributed by atoms with E-state index in [4.69, 9.17) is 8.83 Å². The summed E-state index contributed by atoms with van der Waals surface area (Å²) in [7, 11) is 0. The summed E-state index contributed by atoms with van der Waals surface area (Å²) in [6, 6.07) is 10.00. The molecule has 7 nitrogen and oxygen atoms in total. The van der Waals surface area contributed by atoms with Gasteiger partial charge in [0, 0.05) is 12.6 Å². The van der Waals surface area contributed by atoms with Crippen molar-refractivity contribution in [2.24, 2.45) is 0 Å². The molecule has 26 heavy (non-hydrogen) atoms. The van der Waals surface area contributed by atoms with Gasteiger partial charge < -0.3 is 13.7 Å². The quantitative estimate of drug-likeness (QED) is 0.620. The lowest BCUT2D eigenvalue weighted by molar-refractivity contribution is 0.0695. The molecule has 0 saturated heterocycles. The fourth-order valence-electron chi connectivity index (χ4n) is 2.57. The summed E-state index contributed by atoms with van der Waals surface area (Å²) < 4.78 is 12.1. The zero-order chi connectivity index (χ0) is 18.4. The van der Waals surface area contributed by atoms with Crippen LogP contribution in [0.1, 0.15) is 41.8 Å². The molecule has 3 rings (SSSR count). The molecule has 0 aliphatic carbocycles. The Morgan fingerprint density at radius 3 is 2.27 bits per heavy atom. The van der Waals surface area contributed by atoms with Gasteiger partial charge in [0.05, 0.1) is 25.6 Å². The number of rotatable bonds is 8. The Morgan fingerprint density at radius 1 is 1.08 bits per heavy atom. The molecule has 0 N–H and O–H groups in total. The molecule has 0 bridgehead atoms. The summed E-state index contributed by atoms with van der Waals surface area (Å²) in [5, 5.41) is 4.24. The van der Waals surface area contributed by atoms with Gasteiger partial charge in [-0.05, 0) is 36.8 Å². The van der Waals surface area contributed by atoms with E-state index < -0.39 is 0 Å². The highest BCUT2D eigenvalue weighted by atomic mass is 16.3. The number of nitrogens with zero attached hydrogens (tertiary/aromatic N) is 3. The standard InChI is InChI=1S/C19H21N3O4/c1-2-3-10-22-18(23)9-8-17(20-22)19(24)21(13-15-6-4-11-25-15)14-16-7-5-12-26-16/h4-9,11-12H,2-3,10,13-14H2,1H3. The van der Waals surface area contributed by atoms with Crippen LogP contribution in [0.2, 0.25) is 0 Å². The highest BCUT2D eigenvalue weighted by Gasteiger charge is 2.21. The van der Waals surface area contributed by atoms with E-state index in [2.05, 4.69) is 5.10 Å². The zero-order valence-electron chi connectivity index (χ0n) is 14.6. The van der Waals surface area contributed by atoms with Crippen LogP contribution in [0.25, 0.3) is 0 Å². The zero-order valence-corrected chi connectivity index (χ0v) is 14.6. The Balaban J connectivity index is 1.85. The highest BCUT2D eigenvalue weighted by molar-refractivity contribution is 5.92. The molecule has 0 atom stereocenters. The number of aryl methyl sites for hydroxylation is 1. The van der Waals surface area contributed by atoms with E-state index in [0.717, 1.165) is 12.8 Å². The van der Waals surface area contributed by atoms with Gasteiger partial charge in [-0.15, -0.1) is 0 Å². The van der Waals surface area contributed by atoms with Gasteiger partial charge in [0.1, 0.15) is 17.2 Å². The third kappa shape index (κ3) is 4.30. The molecule has 0 aliphatic heterocycles. The molecule has 136 valence electrons. The molecule has 1 amide bonds. The number of aromatic nitrogens is 2. The summed E-state index contributed by atoms with van der Waals surface area (Å²) in [4.78, 5) is 26.5. The lowest BCUT2D eigenvalue weighted by atomic mass is 10.3. The van der Waals surface area contributed by atoms with Crippen LogP contribution in [0.3, 0.4) is 0 Å². The van der Waals surface area contributed by atoms with E-state index >= 15 is 0 Å². The van der Waals surface area contributed by atoms with Crippen LogP contribution in [0.15, 0.2) is 62.6 Å². The van der Waals surface area contributed by atoms with Crippen molar-refractivity contribution in [2.45, 2.75) is 39.4 Å². The van der Waals surface area contributed by atoms with Gasteiger partial charge in [-0.2, -0.15) is 5.10 Å². The summed E-state index contributed by atoms with van der Waals surface area (Å²) in [5.41, 5.74) is 0.0115. The van der Waals surface area contributed by atoms with Crippen molar-refractivity contribution >= 4 is 5.91 Å². The maximum atomic E-state index is 13.0. The maximum Gasteiger partial charge on any atom is 0.275 e. The van der Waals surface area contributed by atoms with Crippen molar-refractivity contribution in [3.8, 4) is 0 Å². The minimum absolute atomic E-state index is 0.210. The van der Waals surface area contributed by atoms with Gasteiger partial charge in [0.2, 0.25) is 0 Å². The Hall–Kier alpha value is -3.09. The van der Waals surface area contributed by atoms with Crippen molar-refractivity contribution in [1.82, 2.24) is 14.7 Å². The number of unbranched alkanes of at least 4 members (excludes halogenated alkanes) is 1. The first-order valence-corrected chi connectivity index (χ1v) is 8.59. The fraction of sp³-hybridized carbons (Fsp3) is 0.316. The molecule has 3 aromatic rings. The van der Waals surface area contributed by atoms with Gasteiger partial charge >= 0.3 is 0 Å². The fourth-order valence-corrected chi connectivity index (χ4v) is 2.57. The normalized spacial score (nSPS) is 10.8. The smallest absolute Gasteiger partial charge is 0.275 e. The van der Waals surface area contributed by atoms with E-state index in [0.29, 0.717) is 18.1 Å². The minimum Gasteiger partial charge on any atom is -0.467 e. The van der Waals surface area contributed by atoms with Gasteiger partial charge in [-0.3, -0.25) is 9.59 Å². The van der Waals surface area contributed by atoms with Crippen LogP contribution in [-0.4, -0.2) is 20.6 Å². The number of amides is 1. The second kappa shape index (κ2) is 8.33. The third-order valence-electron chi connectivity index (χ3n) is 3.95. The molecule has 0 fully saturated rings. The first-order valence-electron chi connectivity index (χ1n) is 8.59. The largest absolute Gasteiger partial charge is 0.467 e. The van der Waals surface area contributed by atoms with Crippen LogP contribution < -0.4 is 5.56 Å². The molecule has 0 unspecified atom stereocenters. The molecular formula is C19H21N3O4. The summed E-state index contributed by atoms with van der Waals surface area (Å²) in [5.74, 6) is 1.02.